The van der Waals surface area contributed by atoms with Gasteiger partial charge in [0.25, 0.3) is 5.91 Å². The molecule has 0 bridgehead atoms. The third-order valence-corrected chi connectivity index (χ3v) is 7.15. The molecule has 1 saturated heterocycles. The van der Waals surface area contributed by atoms with Crippen molar-refractivity contribution >= 4 is 57.3 Å². The van der Waals surface area contributed by atoms with Crippen molar-refractivity contribution in [1.82, 2.24) is 0 Å². The molecule has 2 aliphatic rings. The summed E-state index contributed by atoms with van der Waals surface area (Å²) >= 11 is 8.52. The molecule has 4 rings (SSSR count). The van der Waals surface area contributed by atoms with Crippen LogP contribution in [0.25, 0.3) is 0 Å². The maximum atomic E-state index is 13.2. The molecule has 0 radical (unpaired) electrons. The summed E-state index contributed by atoms with van der Waals surface area (Å²) in [5.41, 5.74) is 3.02. The van der Waals surface area contributed by atoms with Gasteiger partial charge in [0.2, 0.25) is 0 Å². The normalized spacial score (nSPS) is 19.1. The highest BCUT2D eigenvalue weighted by Crippen LogP contribution is 2.51. The van der Waals surface area contributed by atoms with Gasteiger partial charge in [0.05, 0.1) is 18.5 Å². The molecule has 2 heterocycles. The van der Waals surface area contributed by atoms with Crippen LogP contribution in [0.1, 0.15) is 12.5 Å². The number of ether oxygens (including phenoxy) is 1. The Labute approximate surface area is 172 Å². The van der Waals surface area contributed by atoms with Crippen molar-refractivity contribution in [3.05, 3.63) is 58.0 Å². The molecule has 0 N–H and O–H groups in total. The number of aryl methyl sites for hydroxylation is 1. The fraction of sp³-hybridized carbons (Fsp3) is 0.200. The first-order valence-corrected chi connectivity index (χ1v) is 10.6. The van der Waals surface area contributed by atoms with E-state index in [1.807, 2.05) is 49.4 Å². The summed E-state index contributed by atoms with van der Waals surface area (Å²) in [5.74, 6) is 0.746. The molecule has 2 aliphatic heterocycles. The fourth-order valence-corrected chi connectivity index (χ4v) is 5.74. The quantitative estimate of drug-likeness (QED) is 0.509. The SMILES string of the molecule is CCN1C(=C2SC(=S)N(c3ccc(C)cc3)C2=O)Sc2ccc(OC)cc21. The fourth-order valence-electron chi connectivity index (χ4n) is 3.09. The number of fused-ring (bicyclic) bond motifs is 1. The summed E-state index contributed by atoms with van der Waals surface area (Å²) in [6.45, 7) is 4.86. The third-order valence-electron chi connectivity index (χ3n) is 4.48. The molecule has 138 valence electrons. The molecule has 27 heavy (non-hydrogen) atoms. The van der Waals surface area contributed by atoms with Gasteiger partial charge in [0, 0.05) is 17.5 Å². The number of rotatable bonds is 3. The van der Waals surface area contributed by atoms with Gasteiger partial charge in [-0.2, -0.15) is 0 Å². The lowest BCUT2D eigenvalue weighted by atomic mass is 10.2. The first kappa shape index (κ1) is 18.4. The number of hydrogen-bond donors (Lipinski definition) is 0. The minimum Gasteiger partial charge on any atom is -0.497 e. The minimum atomic E-state index is -0.0606. The molecule has 7 heteroatoms. The number of methoxy groups -OCH3 is 1. The monoisotopic (exact) mass is 414 g/mol. The number of thioether (sulfide) groups is 2. The zero-order chi connectivity index (χ0) is 19.1. The van der Waals surface area contributed by atoms with Crippen molar-refractivity contribution in [2.24, 2.45) is 0 Å². The Morgan fingerprint density at radius 1 is 1.11 bits per heavy atom. The second kappa shape index (κ2) is 7.22. The number of hydrogen-bond acceptors (Lipinski definition) is 6. The maximum Gasteiger partial charge on any atom is 0.273 e. The third kappa shape index (κ3) is 3.13. The minimum absolute atomic E-state index is 0.0606. The van der Waals surface area contributed by atoms with E-state index in [0.717, 1.165) is 39.2 Å². The Morgan fingerprint density at radius 2 is 1.85 bits per heavy atom. The number of carbonyl (C=O) groups is 1. The summed E-state index contributed by atoms with van der Waals surface area (Å²) in [4.78, 5) is 18.8. The van der Waals surface area contributed by atoms with E-state index in [4.69, 9.17) is 17.0 Å². The van der Waals surface area contributed by atoms with Crippen molar-refractivity contribution in [2.75, 3.05) is 23.5 Å². The Morgan fingerprint density at radius 3 is 2.52 bits per heavy atom. The van der Waals surface area contributed by atoms with Crippen molar-refractivity contribution in [3.8, 4) is 5.75 Å². The van der Waals surface area contributed by atoms with Crippen LogP contribution in [0.15, 0.2) is 57.3 Å². The highest BCUT2D eigenvalue weighted by atomic mass is 32.2. The van der Waals surface area contributed by atoms with Gasteiger partial charge in [-0.3, -0.25) is 9.69 Å². The predicted molar refractivity (Wildman–Crippen MR) is 118 cm³/mol. The van der Waals surface area contributed by atoms with E-state index in [1.54, 1.807) is 23.8 Å². The van der Waals surface area contributed by atoms with Crippen LogP contribution in [0.3, 0.4) is 0 Å². The predicted octanol–water partition coefficient (Wildman–Crippen LogP) is 5.17. The number of nitrogens with zero attached hydrogens (tertiary/aromatic N) is 2. The molecule has 1 fully saturated rings. The van der Waals surface area contributed by atoms with Gasteiger partial charge in [-0.15, -0.1) is 0 Å². The van der Waals surface area contributed by atoms with E-state index < -0.39 is 0 Å². The van der Waals surface area contributed by atoms with E-state index in [0.29, 0.717) is 9.23 Å². The van der Waals surface area contributed by atoms with Gasteiger partial charge < -0.3 is 9.64 Å². The van der Waals surface area contributed by atoms with Crippen LogP contribution < -0.4 is 14.5 Å². The van der Waals surface area contributed by atoms with E-state index in [-0.39, 0.29) is 5.91 Å². The van der Waals surface area contributed by atoms with Crippen LogP contribution in [0.4, 0.5) is 11.4 Å². The summed E-state index contributed by atoms with van der Waals surface area (Å²) < 4.78 is 5.93. The highest BCUT2D eigenvalue weighted by Gasteiger charge is 2.39. The molecular formula is C20H18N2O2S3. The van der Waals surface area contributed by atoms with Gasteiger partial charge in [-0.1, -0.05) is 53.4 Å². The van der Waals surface area contributed by atoms with Gasteiger partial charge >= 0.3 is 0 Å². The molecule has 0 atom stereocenters. The van der Waals surface area contributed by atoms with Gasteiger partial charge in [0.1, 0.15) is 15.7 Å². The van der Waals surface area contributed by atoms with E-state index in [1.165, 1.54) is 11.8 Å². The second-order valence-electron chi connectivity index (χ2n) is 6.16. The van der Waals surface area contributed by atoms with Crippen LogP contribution >= 0.6 is 35.7 Å². The van der Waals surface area contributed by atoms with Crippen LogP contribution in [-0.4, -0.2) is 23.9 Å². The zero-order valence-corrected chi connectivity index (χ0v) is 17.6. The molecular weight excluding hydrogens is 396 g/mol. The first-order valence-electron chi connectivity index (χ1n) is 8.54. The van der Waals surface area contributed by atoms with Gasteiger partial charge in [-0.05, 0) is 38.1 Å². The Balaban J connectivity index is 1.74. The average Bonchev–Trinajstić information content (AvgIpc) is 3.18. The number of carbonyl (C=O) groups excluding carboxylic acids is 1. The van der Waals surface area contributed by atoms with Crippen LogP contribution in [0.2, 0.25) is 0 Å². The number of amides is 1. The van der Waals surface area contributed by atoms with Crippen molar-refractivity contribution < 1.29 is 9.53 Å². The molecule has 4 nitrogen and oxygen atoms in total. The summed E-state index contributed by atoms with van der Waals surface area (Å²) in [6.07, 6.45) is 0. The lowest BCUT2D eigenvalue weighted by Crippen LogP contribution is -2.28. The van der Waals surface area contributed by atoms with Gasteiger partial charge in [-0.25, -0.2) is 0 Å². The van der Waals surface area contributed by atoms with Crippen LogP contribution in [0.5, 0.6) is 5.75 Å². The Kier molecular flexibility index (Phi) is 4.92. The smallest absolute Gasteiger partial charge is 0.273 e. The van der Waals surface area contributed by atoms with E-state index >= 15 is 0 Å². The lowest BCUT2D eigenvalue weighted by Gasteiger charge is -2.19. The molecule has 1 amide bonds. The standard InChI is InChI=1S/C20H18N2O2S3/c1-4-21-15-11-14(24-3)9-10-16(15)26-19(21)17-18(23)22(20(25)27-17)13-7-5-12(2)6-8-13/h5-11H,4H2,1-3H3. The molecule has 2 aromatic rings. The molecule has 0 saturated carbocycles. The molecule has 2 aromatic carbocycles. The molecule has 0 aromatic heterocycles. The summed E-state index contributed by atoms with van der Waals surface area (Å²) in [6, 6.07) is 13.9. The van der Waals surface area contributed by atoms with E-state index in [2.05, 4.69) is 11.8 Å². The van der Waals surface area contributed by atoms with Crippen molar-refractivity contribution in [2.45, 2.75) is 18.7 Å². The van der Waals surface area contributed by atoms with E-state index in [9.17, 15) is 4.79 Å². The summed E-state index contributed by atoms with van der Waals surface area (Å²) in [5, 5.41) is 0.938. The average molecular weight is 415 g/mol. The molecule has 0 unspecified atom stereocenters. The Bertz CT molecular complexity index is 970. The lowest BCUT2D eigenvalue weighted by molar-refractivity contribution is -0.113. The Hall–Kier alpha value is -1.96. The topological polar surface area (TPSA) is 32.8 Å². The summed E-state index contributed by atoms with van der Waals surface area (Å²) in [7, 11) is 1.66. The number of thiocarbonyl (C=S) groups is 1. The highest BCUT2D eigenvalue weighted by molar-refractivity contribution is 8.27. The van der Waals surface area contributed by atoms with Crippen molar-refractivity contribution in [3.63, 3.8) is 0 Å². The zero-order valence-electron chi connectivity index (χ0n) is 15.2. The van der Waals surface area contributed by atoms with Crippen molar-refractivity contribution in [1.29, 1.82) is 0 Å². The van der Waals surface area contributed by atoms with Crippen LogP contribution in [-0.2, 0) is 4.79 Å². The maximum absolute atomic E-state index is 13.2. The molecule has 0 spiro atoms. The number of anilines is 2. The molecule has 0 aliphatic carbocycles. The van der Waals surface area contributed by atoms with Gasteiger partial charge in [0.15, 0.2) is 4.32 Å². The number of benzene rings is 2. The second-order valence-corrected chi connectivity index (χ2v) is 8.83. The largest absolute Gasteiger partial charge is 0.497 e. The van der Waals surface area contributed by atoms with Crippen LogP contribution in [0, 0.1) is 6.92 Å². The first-order chi connectivity index (χ1) is 13.0.